The van der Waals surface area contributed by atoms with Crippen molar-refractivity contribution in [1.29, 1.82) is 0 Å². The number of halogens is 1. The average Bonchev–Trinajstić information content (AvgIpc) is 2.36. The number of esters is 1. The van der Waals surface area contributed by atoms with Crippen LogP contribution in [0.4, 0.5) is 10.1 Å². The second-order valence-electron chi connectivity index (χ2n) is 3.53. The van der Waals surface area contributed by atoms with Crippen LogP contribution in [0.5, 0.6) is 5.75 Å². The minimum atomic E-state index is -0.497. The fourth-order valence-electron chi connectivity index (χ4n) is 1.19. The van der Waals surface area contributed by atoms with Crippen LogP contribution in [0.25, 0.3) is 0 Å². The lowest BCUT2D eigenvalue weighted by molar-refractivity contribution is -0.137. The first-order chi connectivity index (χ1) is 8.58. The fraction of sp³-hybridized carbons (Fsp3) is 0.417. The molecule has 0 amide bonds. The van der Waals surface area contributed by atoms with Gasteiger partial charge in [-0.3, -0.25) is 4.79 Å². The predicted octanol–water partition coefficient (Wildman–Crippen LogP) is 2.46. The maximum Gasteiger partial charge on any atom is 0.315 e. The van der Waals surface area contributed by atoms with E-state index in [1.807, 2.05) is 6.92 Å². The smallest absolute Gasteiger partial charge is 0.315 e. The Hall–Kier alpha value is -1.43. The summed E-state index contributed by atoms with van der Waals surface area (Å²) in [7, 11) is 1.31. The molecule has 0 fully saturated rings. The summed E-state index contributed by atoms with van der Waals surface area (Å²) in [4.78, 5) is 11.6. The molecule has 0 aliphatic rings. The van der Waals surface area contributed by atoms with Gasteiger partial charge in [0.15, 0.2) is 11.6 Å². The first kappa shape index (κ1) is 14.6. The number of thioether (sulfide) groups is 1. The highest BCUT2D eigenvalue weighted by Crippen LogP contribution is 2.31. The molecule has 0 bridgehead atoms. The number of anilines is 1. The number of rotatable bonds is 6. The number of carbonyl (C=O) groups is 1. The lowest BCUT2D eigenvalue weighted by Crippen LogP contribution is -2.04. The molecule has 1 rings (SSSR count). The Bertz CT molecular complexity index is 426. The van der Waals surface area contributed by atoms with Crippen LogP contribution in [-0.4, -0.2) is 25.4 Å². The van der Waals surface area contributed by atoms with Gasteiger partial charge in [0.05, 0.1) is 19.5 Å². The molecule has 0 heterocycles. The molecule has 0 saturated heterocycles. The van der Waals surface area contributed by atoms with Crippen molar-refractivity contribution in [2.45, 2.75) is 18.2 Å². The Morgan fingerprint density at radius 2 is 2.22 bits per heavy atom. The molecule has 1 aromatic rings. The largest absolute Gasteiger partial charge is 0.490 e. The quantitative estimate of drug-likeness (QED) is 0.490. The monoisotopic (exact) mass is 273 g/mol. The van der Waals surface area contributed by atoms with Crippen molar-refractivity contribution in [3.05, 3.63) is 17.9 Å². The summed E-state index contributed by atoms with van der Waals surface area (Å²) in [5.74, 6) is -0.582. The molecule has 0 aliphatic heterocycles. The van der Waals surface area contributed by atoms with Crippen LogP contribution in [0, 0.1) is 5.82 Å². The third-order valence-corrected chi connectivity index (χ3v) is 3.14. The minimum Gasteiger partial charge on any atom is -0.490 e. The van der Waals surface area contributed by atoms with E-state index < -0.39 is 5.82 Å². The van der Waals surface area contributed by atoms with Crippen LogP contribution in [0.1, 0.15) is 13.3 Å². The molecule has 18 heavy (non-hydrogen) atoms. The summed E-state index contributed by atoms with van der Waals surface area (Å²) in [5.41, 5.74) is 5.96. The van der Waals surface area contributed by atoms with Gasteiger partial charge in [0.25, 0.3) is 0 Å². The molecule has 0 spiro atoms. The van der Waals surface area contributed by atoms with Crippen molar-refractivity contribution in [3.8, 4) is 5.75 Å². The standard InChI is InChI=1S/C12H16FNO3S/c1-3-4-17-10-6-11(9(14)5-8(10)13)18-7-12(15)16-2/h5-6H,3-4,7,14H2,1-2H3. The molecule has 0 aromatic heterocycles. The SMILES string of the molecule is CCCOc1cc(SCC(=O)OC)c(N)cc1F. The van der Waals surface area contributed by atoms with E-state index in [1.54, 1.807) is 0 Å². The van der Waals surface area contributed by atoms with Crippen molar-refractivity contribution in [2.24, 2.45) is 0 Å². The van der Waals surface area contributed by atoms with Crippen LogP contribution >= 0.6 is 11.8 Å². The van der Waals surface area contributed by atoms with E-state index in [4.69, 9.17) is 10.5 Å². The number of benzene rings is 1. The van der Waals surface area contributed by atoms with E-state index in [1.165, 1.54) is 31.0 Å². The molecule has 0 saturated carbocycles. The van der Waals surface area contributed by atoms with Gasteiger partial charge in [-0.1, -0.05) is 6.92 Å². The van der Waals surface area contributed by atoms with Crippen molar-refractivity contribution in [2.75, 3.05) is 25.2 Å². The zero-order chi connectivity index (χ0) is 13.5. The first-order valence-electron chi connectivity index (χ1n) is 5.50. The van der Waals surface area contributed by atoms with Crippen LogP contribution in [0.15, 0.2) is 17.0 Å². The number of carbonyl (C=O) groups excluding carboxylic acids is 1. The van der Waals surface area contributed by atoms with E-state index in [0.29, 0.717) is 11.5 Å². The lowest BCUT2D eigenvalue weighted by atomic mass is 10.3. The fourth-order valence-corrected chi connectivity index (χ4v) is 2.00. The van der Waals surface area contributed by atoms with Crippen molar-refractivity contribution in [3.63, 3.8) is 0 Å². The van der Waals surface area contributed by atoms with Gasteiger partial charge in [0, 0.05) is 16.6 Å². The summed E-state index contributed by atoms with van der Waals surface area (Å²) in [6.07, 6.45) is 0.786. The third kappa shape index (κ3) is 4.10. The second kappa shape index (κ2) is 7.10. The Kier molecular flexibility index (Phi) is 5.77. The summed E-state index contributed by atoms with van der Waals surface area (Å²) in [5, 5.41) is 0. The topological polar surface area (TPSA) is 61.5 Å². The molecule has 100 valence electrons. The van der Waals surface area contributed by atoms with Gasteiger partial charge in [0.1, 0.15) is 0 Å². The van der Waals surface area contributed by atoms with E-state index in [2.05, 4.69) is 4.74 Å². The van der Waals surface area contributed by atoms with Gasteiger partial charge in [-0.2, -0.15) is 0 Å². The molecule has 1 aromatic carbocycles. The highest BCUT2D eigenvalue weighted by Gasteiger charge is 2.11. The van der Waals surface area contributed by atoms with Crippen LogP contribution in [0.2, 0.25) is 0 Å². The van der Waals surface area contributed by atoms with Gasteiger partial charge in [-0.05, 0) is 12.5 Å². The molecular formula is C12H16FNO3S. The summed E-state index contributed by atoms with van der Waals surface area (Å²) in [6.45, 7) is 2.37. The lowest BCUT2D eigenvalue weighted by Gasteiger charge is -2.10. The molecule has 0 radical (unpaired) electrons. The van der Waals surface area contributed by atoms with Gasteiger partial charge < -0.3 is 15.2 Å². The number of nitrogens with two attached hydrogens (primary N) is 1. The minimum absolute atomic E-state index is 0.125. The van der Waals surface area contributed by atoms with Crippen molar-refractivity contribution in [1.82, 2.24) is 0 Å². The first-order valence-corrected chi connectivity index (χ1v) is 6.48. The van der Waals surface area contributed by atoms with Crippen LogP contribution in [0.3, 0.4) is 0 Å². The van der Waals surface area contributed by atoms with Crippen LogP contribution in [-0.2, 0) is 9.53 Å². The summed E-state index contributed by atoms with van der Waals surface area (Å²) >= 11 is 1.19. The Balaban J connectivity index is 2.80. The van der Waals surface area contributed by atoms with Gasteiger partial charge in [-0.25, -0.2) is 4.39 Å². The summed E-state index contributed by atoms with van der Waals surface area (Å²) < 4.78 is 23.3. The number of hydrogen-bond acceptors (Lipinski definition) is 5. The molecule has 0 unspecified atom stereocenters. The van der Waals surface area contributed by atoms with Gasteiger partial charge in [-0.15, -0.1) is 11.8 Å². The predicted molar refractivity (Wildman–Crippen MR) is 69.3 cm³/mol. The van der Waals surface area contributed by atoms with Crippen molar-refractivity contribution < 1.29 is 18.7 Å². The molecule has 6 heteroatoms. The number of ether oxygens (including phenoxy) is 2. The molecule has 0 aliphatic carbocycles. The zero-order valence-electron chi connectivity index (χ0n) is 10.4. The third-order valence-electron chi connectivity index (χ3n) is 2.10. The highest BCUT2D eigenvalue weighted by molar-refractivity contribution is 8.00. The highest BCUT2D eigenvalue weighted by atomic mass is 32.2. The molecule has 0 atom stereocenters. The van der Waals surface area contributed by atoms with Crippen molar-refractivity contribution >= 4 is 23.4 Å². The van der Waals surface area contributed by atoms with E-state index in [0.717, 1.165) is 6.42 Å². The normalized spacial score (nSPS) is 10.2. The van der Waals surface area contributed by atoms with E-state index >= 15 is 0 Å². The van der Waals surface area contributed by atoms with Crippen LogP contribution < -0.4 is 10.5 Å². The van der Waals surface area contributed by atoms with Gasteiger partial charge in [0.2, 0.25) is 0 Å². The molecule has 4 nitrogen and oxygen atoms in total. The van der Waals surface area contributed by atoms with E-state index in [9.17, 15) is 9.18 Å². The zero-order valence-corrected chi connectivity index (χ0v) is 11.2. The van der Waals surface area contributed by atoms with Gasteiger partial charge >= 0.3 is 5.97 Å². The summed E-state index contributed by atoms with van der Waals surface area (Å²) in [6, 6.07) is 2.71. The molecular weight excluding hydrogens is 257 g/mol. The Morgan fingerprint density at radius 3 is 2.83 bits per heavy atom. The second-order valence-corrected chi connectivity index (χ2v) is 4.55. The molecule has 2 N–H and O–H groups in total. The maximum absolute atomic E-state index is 13.5. The Labute approximate surface area is 110 Å². The number of hydrogen-bond donors (Lipinski definition) is 1. The van der Waals surface area contributed by atoms with E-state index in [-0.39, 0.29) is 23.2 Å². The number of methoxy groups -OCH3 is 1. The number of nitrogen functional groups attached to an aromatic ring is 1. The Morgan fingerprint density at radius 1 is 1.50 bits per heavy atom. The maximum atomic E-state index is 13.5. The average molecular weight is 273 g/mol.